The van der Waals surface area contributed by atoms with E-state index in [2.05, 4.69) is 22.9 Å². The number of rotatable bonds is 3. The summed E-state index contributed by atoms with van der Waals surface area (Å²) >= 11 is 0. The molecular formula is C14H18N4O. The number of hydrogen-bond acceptors (Lipinski definition) is 4. The van der Waals surface area contributed by atoms with Crippen molar-refractivity contribution < 1.29 is 4.42 Å². The zero-order chi connectivity index (χ0) is 13.6. The van der Waals surface area contributed by atoms with E-state index in [0.29, 0.717) is 5.95 Å². The first kappa shape index (κ1) is 12.0. The minimum atomic E-state index is 0.556. The molecule has 0 fully saturated rings. The molecule has 2 N–H and O–H groups in total. The van der Waals surface area contributed by atoms with E-state index in [1.54, 1.807) is 0 Å². The molecule has 0 aliphatic carbocycles. The van der Waals surface area contributed by atoms with Crippen molar-refractivity contribution in [3.05, 3.63) is 24.0 Å². The molecule has 5 nitrogen and oxygen atoms in total. The van der Waals surface area contributed by atoms with Crippen molar-refractivity contribution in [3.8, 4) is 0 Å². The number of aromatic nitrogens is 2. The van der Waals surface area contributed by atoms with E-state index >= 15 is 0 Å². The average molecular weight is 258 g/mol. The molecule has 19 heavy (non-hydrogen) atoms. The number of nitrogens with two attached hydrogens (primary N) is 1. The highest BCUT2D eigenvalue weighted by Gasteiger charge is 2.14. The molecule has 100 valence electrons. The number of imidazole rings is 1. The molecule has 5 heteroatoms. The molecule has 2 aromatic heterocycles. The van der Waals surface area contributed by atoms with Crippen LogP contribution in [-0.2, 0) is 13.1 Å². The summed E-state index contributed by atoms with van der Waals surface area (Å²) in [4.78, 5) is 6.48. The zero-order valence-corrected chi connectivity index (χ0v) is 11.5. The first-order chi connectivity index (χ1) is 9.10. The second-order valence-electron chi connectivity index (χ2n) is 5.01. The molecule has 0 saturated carbocycles. The number of nitrogens with zero attached hydrogens (tertiary/aromatic N) is 3. The number of furan rings is 1. The maximum Gasteiger partial charge on any atom is 0.201 e. The van der Waals surface area contributed by atoms with Crippen LogP contribution >= 0.6 is 0 Å². The van der Waals surface area contributed by atoms with Gasteiger partial charge in [0.25, 0.3) is 0 Å². The number of hydrogen-bond donors (Lipinski definition) is 1. The van der Waals surface area contributed by atoms with Gasteiger partial charge in [-0.05, 0) is 39.2 Å². The molecule has 2 heterocycles. The summed E-state index contributed by atoms with van der Waals surface area (Å²) in [6.07, 6.45) is 0. The zero-order valence-electron chi connectivity index (χ0n) is 11.5. The van der Waals surface area contributed by atoms with Crippen molar-refractivity contribution in [2.24, 2.45) is 0 Å². The molecule has 0 aliphatic heterocycles. The second kappa shape index (κ2) is 4.28. The highest BCUT2D eigenvalue weighted by Crippen LogP contribution is 2.30. The summed E-state index contributed by atoms with van der Waals surface area (Å²) in [5, 5.41) is 1.08. The van der Waals surface area contributed by atoms with Gasteiger partial charge in [-0.25, -0.2) is 4.98 Å². The molecule has 0 bridgehead atoms. The summed E-state index contributed by atoms with van der Waals surface area (Å²) in [6, 6.07) is 6.01. The third-order valence-electron chi connectivity index (χ3n) is 3.27. The van der Waals surface area contributed by atoms with Crippen molar-refractivity contribution in [1.82, 2.24) is 14.5 Å². The fraction of sp³-hybridized carbons (Fsp3) is 0.357. The van der Waals surface area contributed by atoms with Gasteiger partial charge in [-0.1, -0.05) is 0 Å². The largest absolute Gasteiger partial charge is 0.460 e. The number of anilines is 1. The van der Waals surface area contributed by atoms with Gasteiger partial charge in [0.05, 0.1) is 17.6 Å². The lowest BCUT2D eigenvalue weighted by atomic mass is 10.2. The lowest BCUT2D eigenvalue weighted by molar-refractivity contribution is 0.358. The monoisotopic (exact) mass is 258 g/mol. The Kier molecular flexibility index (Phi) is 2.71. The Labute approximate surface area is 111 Å². The van der Waals surface area contributed by atoms with Gasteiger partial charge in [0, 0.05) is 11.9 Å². The molecule has 0 amide bonds. The van der Waals surface area contributed by atoms with Crippen molar-refractivity contribution >= 4 is 28.0 Å². The number of benzene rings is 1. The SMILES string of the molecule is CCn1c(N)nc2ccc3oc(CN(C)C)cc3c21. The van der Waals surface area contributed by atoms with Gasteiger partial charge in [-0.2, -0.15) is 0 Å². The topological polar surface area (TPSA) is 60.2 Å². The summed E-state index contributed by atoms with van der Waals surface area (Å²) in [7, 11) is 4.05. The van der Waals surface area contributed by atoms with Crippen LogP contribution < -0.4 is 5.73 Å². The maximum atomic E-state index is 5.96. The number of nitrogen functional groups attached to an aromatic ring is 1. The van der Waals surface area contributed by atoms with Gasteiger partial charge >= 0.3 is 0 Å². The number of aryl methyl sites for hydroxylation is 1. The second-order valence-corrected chi connectivity index (χ2v) is 5.01. The van der Waals surface area contributed by atoms with Crippen LogP contribution in [-0.4, -0.2) is 28.5 Å². The number of fused-ring (bicyclic) bond motifs is 3. The molecule has 0 unspecified atom stereocenters. The summed E-state index contributed by atoms with van der Waals surface area (Å²) < 4.78 is 7.89. The van der Waals surface area contributed by atoms with Gasteiger partial charge in [-0.15, -0.1) is 0 Å². The van der Waals surface area contributed by atoms with Gasteiger partial charge in [-0.3, -0.25) is 0 Å². The highest BCUT2D eigenvalue weighted by atomic mass is 16.3. The summed E-state index contributed by atoms with van der Waals surface area (Å²) in [5.41, 5.74) is 8.83. The van der Waals surface area contributed by atoms with E-state index in [0.717, 1.165) is 40.9 Å². The Bertz CT molecular complexity index is 739. The smallest absolute Gasteiger partial charge is 0.201 e. The predicted molar refractivity (Wildman–Crippen MR) is 77.0 cm³/mol. The van der Waals surface area contributed by atoms with Crippen molar-refractivity contribution in [2.45, 2.75) is 20.0 Å². The fourth-order valence-electron chi connectivity index (χ4n) is 2.52. The van der Waals surface area contributed by atoms with Gasteiger partial charge in [0.15, 0.2) is 0 Å². The Morgan fingerprint density at radius 3 is 2.84 bits per heavy atom. The first-order valence-electron chi connectivity index (χ1n) is 6.42. The minimum absolute atomic E-state index is 0.556. The van der Waals surface area contributed by atoms with Crippen LogP contribution in [0.4, 0.5) is 5.95 Å². The lowest BCUT2D eigenvalue weighted by Gasteiger charge is -2.04. The van der Waals surface area contributed by atoms with Crippen LogP contribution in [0.5, 0.6) is 0 Å². The van der Waals surface area contributed by atoms with Crippen LogP contribution in [0, 0.1) is 0 Å². The van der Waals surface area contributed by atoms with Crippen LogP contribution in [0.3, 0.4) is 0 Å². The quantitative estimate of drug-likeness (QED) is 0.784. The third kappa shape index (κ3) is 1.86. The van der Waals surface area contributed by atoms with Crippen LogP contribution in [0.15, 0.2) is 22.6 Å². The molecule has 1 aromatic carbocycles. The van der Waals surface area contributed by atoms with Gasteiger partial charge in [0.2, 0.25) is 5.95 Å². The van der Waals surface area contributed by atoms with E-state index in [1.807, 2.05) is 30.8 Å². The average Bonchev–Trinajstić information content (AvgIpc) is 2.86. The Hall–Kier alpha value is -2.01. The van der Waals surface area contributed by atoms with E-state index in [4.69, 9.17) is 10.2 Å². The molecule has 0 spiro atoms. The Balaban J connectivity index is 2.29. The lowest BCUT2D eigenvalue weighted by Crippen LogP contribution is -2.09. The molecule has 0 atom stereocenters. The van der Waals surface area contributed by atoms with Crippen molar-refractivity contribution in [2.75, 3.05) is 19.8 Å². The molecular weight excluding hydrogens is 240 g/mol. The Morgan fingerprint density at radius 2 is 2.16 bits per heavy atom. The molecule has 0 aliphatic rings. The Morgan fingerprint density at radius 1 is 1.37 bits per heavy atom. The maximum absolute atomic E-state index is 5.96. The predicted octanol–water partition coefficient (Wildman–Crippen LogP) is 2.45. The highest BCUT2D eigenvalue weighted by molar-refractivity contribution is 6.03. The van der Waals surface area contributed by atoms with Gasteiger partial charge < -0.3 is 19.6 Å². The van der Waals surface area contributed by atoms with E-state index < -0.39 is 0 Å². The molecule has 3 aromatic rings. The van der Waals surface area contributed by atoms with Crippen LogP contribution in [0.2, 0.25) is 0 Å². The third-order valence-corrected chi connectivity index (χ3v) is 3.27. The minimum Gasteiger partial charge on any atom is -0.460 e. The van der Waals surface area contributed by atoms with Gasteiger partial charge in [0.1, 0.15) is 11.3 Å². The van der Waals surface area contributed by atoms with Crippen LogP contribution in [0.25, 0.3) is 22.0 Å². The fourth-order valence-corrected chi connectivity index (χ4v) is 2.52. The molecule has 3 rings (SSSR count). The van der Waals surface area contributed by atoms with E-state index in [-0.39, 0.29) is 0 Å². The van der Waals surface area contributed by atoms with E-state index in [1.165, 1.54) is 0 Å². The van der Waals surface area contributed by atoms with Crippen LogP contribution in [0.1, 0.15) is 12.7 Å². The van der Waals surface area contributed by atoms with Crippen molar-refractivity contribution in [3.63, 3.8) is 0 Å². The van der Waals surface area contributed by atoms with E-state index in [9.17, 15) is 0 Å². The summed E-state index contributed by atoms with van der Waals surface area (Å²) in [5.74, 6) is 1.51. The standard InChI is InChI=1S/C14H18N4O/c1-4-18-13-10-7-9(8-17(2)3)19-12(10)6-5-11(13)16-14(18)15/h5-7H,4,8H2,1-3H3,(H2,15,16). The van der Waals surface area contributed by atoms with Crippen molar-refractivity contribution in [1.29, 1.82) is 0 Å². The normalized spacial score (nSPS) is 12.0. The summed E-state index contributed by atoms with van der Waals surface area (Å²) in [6.45, 7) is 3.65. The first-order valence-corrected chi connectivity index (χ1v) is 6.42. The molecule has 0 saturated heterocycles. The molecule has 0 radical (unpaired) electrons.